The zero-order valence-corrected chi connectivity index (χ0v) is 19.4. The van der Waals surface area contributed by atoms with Gasteiger partial charge in [0.25, 0.3) is 5.22 Å². The van der Waals surface area contributed by atoms with Crippen molar-refractivity contribution in [3.8, 4) is 5.75 Å². The molecule has 3 aromatic rings. The minimum Gasteiger partial charge on any atom is -0.497 e. The van der Waals surface area contributed by atoms with Gasteiger partial charge in [-0.05, 0) is 48.7 Å². The maximum atomic E-state index is 12.9. The Morgan fingerprint density at radius 3 is 2.78 bits per heavy atom. The number of benzene rings is 2. The topological polar surface area (TPSA) is 102 Å². The summed E-state index contributed by atoms with van der Waals surface area (Å²) in [5, 5.41) is 3.17. The van der Waals surface area contributed by atoms with Gasteiger partial charge < -0.3 is 14.5 Å². The fourth-order valence-corrected chi connectivity index (χ4v) is 5.73. The van der Waals surface area contributed by atoms with Gasteiger partial charge in [0.15, 0.2) is 5.58 Å². The van der Waals surface area contributed by atoms with Crippen LogP contribution in [0.3, 0.4) is 0 Å². The summed E-state index contributed by atoms with van der Waals surface area (Å²) in [5.41, 5.74) is 1.89. The summed E-state index contributed by atoms with van der Waals surface area (Å²) in [4.78, 5) is 16.8. The van der Waals surface area contributed by atoms with Crippen molar-refractivity contribution in [1.29, 1.82) is 0 Å². The van der Waals surface area contributed by atoms with E-state index in [1.165, 1.54) is 10.4 Å². The largest absolute Gasteiger partial charge is 0.497 e. The van der Waals surface area contributed by atoms with Gasteiger partial charge in [0, 0.05) is 19.6 Å². The van der Waals surface area contributed by atoms with E-state index in [4.69, 9.17) is 9.15 Å². The predicted octanol–water partition coefficient (Wildman–Crippen LogP) is 3.42. The number of piperidine rings is 1. The van der Waals surface area contributed by atoms with E-state index in [0.717, 1.165) is 42.3 Å². The first-order valence-corrected chi connectivity index (χ1v) is 12.8. The molecule has 0 spiro atoms. The number of fused-ring (bicyclic) bond motifs is 1. The number of sulfonamides is 1. The highest BCUT2D eigenvalue weighted by Gasteiger charge is 2.26. The van der Waals surface area contributed by atoms with Crippen molar-refractivity contribution in [2.24, 2.45) is 0 Å². The molecule has 1 aliphatic heterocycles. The van der Waals surface area contributed by atoms with Crippen LogP contribution in [0.1, 0.15) is 24.8 Å². The van der Waals surface area contributed by atoms with Gasteiger partial charge in [0.1, 0.15) is 11.3 Å². The van der Waals surface area contributed by atoms with Crippen molar-refractivity contribution in [1.82, 2.24) is 14.6 Å². The lowest BCUT2D eigenvalue weighted by Gasteiger charge is -2.25. The molecule has 2 aromatic carbocycles. The Balaban J connectivity index is 1.37. The van der Waals surface area contributed by atoms with Gasteiger partial charge in [-0.1, -0.05) is 30.3 Å². The summed E-state index contributed by atoms with van der Waals surface area (Å²) in [6, 6.07) is 12.2. The SMILES string of the molecule is COc1cccc(CNC(=O)CSc2nc3cc(S(=O)(=O)N4CCCCC4)ccc3o2)c1. The van der Waals surface area contributed by atoms with Gasteiger partial charge in [-0.3, -0.25) is 4.79 Å². The van der Waals surface area contributed by atoms with Crippen LogP contribution in [0.4, 0.5) is 0 Å². The Kier molecular flexibility index (Phi) is 7.02. The van der Waals surface area contributed by atoms with Crippen LogP contribution in [-0.4, -0.2) is 49.6 Å². The molecule has 10 heteroatoms. The van der Waals surface area contributed by atoms with Gasteiger partial charge in [-0.25, -0.2) is 13.4 Å². The van der Waals surface area contributed by atoms with Crippen molar-refractivity contribution >= 4 is 38.8 Å². The third-order valence-electron chi connectivity index (χ3n) is 5.24. The standard InChI is InChI=1S/C22H25N3O5S2/c1-29-17-7-5-6-16(12-17)14-23-21(26)15-31-22-24-19-13-18(8-9-20(19)30-22)32(27,28)25-10-3-2-4-11-25/h5-9,12-13H,2-4,10-11,14-15H2,1H3,(H,23,26). The molecule has 8 nitrogen and oxygen atoms in total. The minimum atomic E-state index is -3.54. The number of carbonyl (C=O) groups is 1. The summed E-state index contributed by atoms with van der Waals surface area (Å²) in [6.07, 6.45) is 2.82. The number of aromatic nitrogens is 1. The van der Waals surface area contributed by atoms with E-state index in [1.807, 2.05) is 24.3 Å². The molecule has 0 aliphatic carbocycles. The van der Waals surface area contributed by atoms with Crippen molar-refractivity contribution in [2.45, 2.75) is 35.9 Å². The molecule has 1 aliphatic rings. The maximum Gasteiger partial charge on any atom is 0.257 e. The highest BCUT2D eigenvalue weighted by atomic mass is 32.2. The third-order valence-corrected chi connectivity index (χ3v) is 7.97. The molecule has 1 N–H and O–H groups in total. The molecular weight excluding hydrogens is 450 g/mol. The van der Waals surface area contributed by atoms with E-state index in [-0.39, 0.29) is 16.6 Å². The second kappa shape index (κ2) is 9.93. The number of ether oxygens (including phenoxy) is 1. The number of hydrogen-bond acceptors (Lipinski definition) is 7. The average molecular weight is 476 g/mol. The number of rotatable bonds is 8. The number of nitrogens with zero attached hydrogens (tertiary/aromatic N) is 2. The van der Waals surface area contributed by atoms with E-state index in [0.29, 0.717) is 36.0 Å². The van der Waals surface area contributed by atoms with Crippen LogP contribution < -0.4 is 10.1 Å². The molecule has 0 atom stereocenters. The van der Waals surface area contributed by atoms with Crippen LogP contribution in [0, 0.1) is 0 Å². The van der Waals surface area contributed by atoms with Crippen LogP contribution in [0.25, 0.3) is 11.1 Å². The summed E-state index contributed by atoms with van der Waals surface area (Å²) in [5.74, 6) is 0.711. The Morgan fingerprint density at radius 2 is 2.00 bits per heavy atom. The smallest absolute Gasteiger partial charge is 0.257 e. The quantitative estimate of drug-likeness (QED) is 0.498. The number of oxazole rings is 1. The Labute approximate surface area is 191 Å². The predicted molar refractivity (Wildman–Crippen MR) is 122 cm³/mol. The third kappa shape index (κ3) is 5.25. The van der Waals surface area contributed by atoms with Crippen molar-refractivity contribution in [2.75, 3.05) is 26.0 Å². The zero-order valence-electron chi connectivity index (χ0n) is 17.7. The van der Waals surface area contributed by atoms with Crippen LogP contribution >= 0.6 is 11.8 Å². The lowest BCUT2D eigenvalue weighted by Crippen LogP contribution is -2.35. The second-order valence-corrected chi connectivity index (χ2v) is 10.4. The summed E-state index contributed by atoms with van der Waals surface area (Å²) in [7, 11) is -1.94. The first-order valence-electron chi connectivity index (χ1n) is 10.4. The Morgan fingerprint density at radius 1 is 1.19 bits per heavy atom. The first-order chi connectivity index (χ1) is 15.5. The second-order valence-electron chi connectivity index (χ2n) is 7.49. The summed E-state index contributed by atoms with van der Waals surface area (Å²) >= 11 is 1.16. The Hall–Kier alpha value is -2.56. The molecule has 1 fully saturated rings. The molecule has 1 aromatic heterocycles. The van der Waals surface area contributed by atoms with Gasteiger partial charge >= 0.3 is 0 Å². The van der Waals surface area contributed by atoms with Crippen molar-refractivity contribution in [3.63, 3.8) is 0 Å². The number of thioether (sulfide) groups is 1. The van der Waals surface area contributed by atoms with Gasteiger partial charge in [0.05, 0.1) is 17.8 Å². The maximum absolute atomic E-state index is 12.9. The fourth-order valence-electron chi connectivity index (χ4n) is 3.52. The molecule has 0 saturated carbocycles. The number of hydrogen-bond donors (Lipinski definition) is 1. The highest BCUT2D eigenvalue weighted by Crippen LogP contribution is 2.27. The molecule has 1 amide bonds. The van der Waals surface area contributed by atoms with E-state index in [1.54, 1.807) is 19.2 Å². The molecule has 0 unspecified atom stereocenters. The molecule has 32 heavy (non-hydrogen) atoms. The van der Waals surface area contributed by atoms with E-state index < -0.39 is 10.0 Å². The molecular formula is C22H25N3O5S2. The molecule has 0 radical (unpaired) electrons. The van der Waals surface area contributed by atoms with Gasteiger partial charge in [0.2, 0.25) is 15.9 Å². The molecule has 170 valence electrons. The normalized spacial score (nSPS) is 15.0. The average Bonchev–Trinajstić information content (AvgIpc) is 3.24. The first kappa shape index (κ1) is 22.6. The molecule has 2 heterocycles. The van der Waals surface area contributed by atoms with Gasteiger partial charge in [-0.2, -0.15) is 4.31 Å². The summed E-state index contributed by atoms with van der Waals surface area (Å²) < 4.78 is 38.1. The van der Waals surface area contributed by atoms with E-state index in [9.17, 15) is 13.2 Å². The van der Waals surface area contributed by atoms with Crippen molar-refractivity contribution < 1.29 is 22.4 Å². The number of carbonyl (C=O) groups excluding carboxylic acids is 1. The lowest BCUT2D eigenvalue weighted by molar-refractivity contribution is -0.118. The lowest BCUT2D eigenvalue weighted by atomic mass is 10.2. The number of amides is 1. The minimum absolute atomic E-state index is 0.135. The molecule has 1 saturated heterocycles. The zero-order chi connectivity index (χ0) is 22.6. The Bertz CT molecular complexity index is 1200. The molecule has 4 rings (SSSR count). The monoisotopic (exact) mass is 475 g/mol. The van der Waals surface area contributed by atoms with Crippen LogP contribution in [-0.2, 0) is 21.4 Å². The van der Waals surface area contributed by atoms with Gasteiger partial charge in [-0.15, -0.1) is 0 Å². The molecule has 0 bridgehead atoms. The van der Waals surface area contributed by atoms with E-state index in [2.05, 4.69) is 10.3 Å². The van der Waals surface area contributed by atoms with Crippen LogP contribution in [0.5, 0.6) is 5.75 Å². The number of methoxy groups -OCH3 is 1. The number of nitrogens with one attached hydrogen (secondary N) is 1. The summed E-state index contributed by atoms with van der Waals surface area (Å²) in [6.45, 7) is 1.48. The van der Waals surface area contributed by atoms with Crippen molar-refractivity contribution in [3.05, 3.63) is 48.0 Å². The fraction of sp³-hybridized carbons (Fsp3) is 0.364. The van der Waals surface area contributed by atoms with Crippen LogP contribution in [0.2, 0.25) is 0 Å². The highest BCUT2D eigenvalue weighted by molar-refractivity contribution is 7.99. The van der Waals surface area contributed by atoms with Crippen LogP contribution in [0.15, 0.2) is 57.0 Å². The van der Waals surface area contributed by atoms with E-state index >= 15 is 0 Å².